The number of hydrogen-bond acceptors (Lipinski definition) is 1. The first-order valence-corrected chi connectivity index (χ1v) is 16.9. The number of allylic oxidation sites excluding steroid dienone is 3. The van der Waals surface area contributed by atoms with Gasteiger partial charge in [-0.1, -0.05) is 96.9 Å². The molecule has 8 atom stereocenters. The van der Waals surface area contributed by atoms with Crippen LogP contribution in [0.2, 0.25) is 0 Å². The third-order valence-electron chi connectivity index (χ3n) is 13.8. The molecule has 4 saturated carbocycles. The lowest BCUT2D eigenvalue weighted by Crippen LogP contribution is -2.65. The number of rotatable bonds is 2. The third kappa shape index (κ3) is 4.51. The smallest absolute Gasteiger partial charge is 0.0490 e. The fraction of sp³-hybridized carbons (Fsp3) is 0.744. The van der Waals surface area contributed by atoms with Crippen LogP contribution in [0.5, 0.6) is 0 Å². The van der Waals surface area contributed by atoms with Gasteiger partial charge in [0.25, 0.3) is 0 Å². The Morgan fingerprint density at radius 3 is 2.10 bits per heavy atom. The molecule has 40 heavy (non-hydrogen) atoms. The van der Waals surface area contributed by atoms with Gasteiger partial charge in [-0.3, -0.25) is 0 Å². The summed E-state index contributed by atoms with van der Waals surface area (Å²) in [4.78, 5) is 0. The quantitative estimate of drug-likeness (QED) is 0.366. The molecule has 0 saturated heterocycles. The Bertz CT molecular complexity index is 1060. The van der Waals surface area contributed by atoms with E-state index in [9.17, 15) is 5.11 Å². The van der Waals surface area contributed by atoms with Gasteiger partial charge in [-0.05, 0) is 134 Å². The molecule has 4 fully saturated rings. The van der Waals surface area contributed by atoms with Gasteiger partial charge < -0.3 is 5.11 Å². The van der Waals surface area contributed by atoms with Crippen molar-refractivity contribution in [3.63, 3.8) is 0 Å². The van der Waals surface area contributed by atoms with Gasteiger partial charge in [0.15, 0.2) is 0 Å². The minimum atomic E-state index is 0.214. The number of aliphatic hydroxyl groups is 1. The molecule has 1 nitrogen and oxygen atoms in total. The highest BCUT2D eigenvalue weighted by Gasteiger charge is 2.69. The zero-order chi connectivity index (χ0) is 29.6. The highest BCUT2D eigenvalue weighted by atomic mass is 16.3. The molecule has 0 aromatic heterocycles. The van der Waals surface area contributed by atoms with E-state index in [-0.39, 0.29) is 10.8 Å². The Balaban J connectivity index is 0.000000695. The molecule has 1 heteroatoms. The van der Waals surface area contributed by atoms with E-state index in [4.69, 9.17) is 0 Å². The summed E-state index contributed by atoms with van der Waals surface area (Å²) < 4.78 is 0. The van der Waals surface area contributed by atoms with Crippen molar-refractivity contribution in [2.24, 2.45) is 50.7 Å². The molecule has 6 rings (SSSR count). The summed E-state index contributed by atoms with van der Waals surface area (Å²) in [7, 11) is 0. The first kappa shape index (κ1) is 31.6. The van der Waals surface area contributed by atoms with E-state index in [1.165, 1.54) is 75.3 Å². The molecule has 5 aliphatic carbocycles. The maximum atomic E-state index is 10.5. The van der Waals surface area contributed by atoms with E-state index in [2.05, 4.69) is 78.5 Å². The van der Waals surface area contributed by atoms with Crippen LogP contribution in [0.25, 0.3) is 5.57 Å². The predicted octanol–water partition coefficient (Wildman–Crippen LogP) is 11.1. The fourth-order valence-corrected chi connectivity index (χ4v) is 11.8. The average Bonchev–Trinajstić information content (AvgIpc) is 3.36. The van der Waals surface area contributed by atoms with Crippen molar-refractivity contribution in [3.05, 3.63) is 54.1 Å². The molecule has 0 amide bonds. The first-order chi connectivity index (χ1) is 18.9. The second kappa shape index (κ2) is 11.4. The molecule has 0 radical (unpaired) electrons. The number of aryl methyl sites for hydroxylation is 1. The standard InChI is InChI=1S/C34H50O.C3H6.C2H6/c1-23-9-11-24(12-10-23)25-15-18-31(4)28(30(25,2)3)16-19-33(6)29(31)14-13-26-27-8-7-17-34(27,22-35)21-20-32(26,33)5;1-3-2;1-2/h9-12,15,26-29,35H,7-8,13-14,16-22H2,1-6H3;3H,1H2,2H3;1-2H3/t26?,27?,28?,29?,31?,32-,33?,34?;;/m1../s1. The molecule has 5 aliphatic rings. The van der Waals surface area contributed by atoms with Gasteiger partial charge in [0.2, 0.25) is 0 Å². The van der Waals surface area contributed by atoms with Crippen LogP contribution in [0.3, 0.4) is 0 Å². The number of fused-ring (bicyclic) bond motifs is 7. The second-order valence-electron chi connectivity index (χ2n) is 15.5. The van der Waals surface area contributed by atoms with Gasteiger partial charge in [-0.2, -0.15) is 0 Å². The minimum absolute atomic E-state index is 0.214. The molecule has 0 heterocycles. The summed E-state index contributed by atoms with van der Waals surface area (Å²) in [6.07, 6.45) is 17.9. The summed E-state index contributed by atoms with van der Waals surface area (Å²) in [5.41, 5.74) is 6.11. The largest absolute Gasteiger partial charge is 0.396 e. The fourth-order valence-electron chi connectivity index (χ4n) is 11.8. The second-order valence-corrected chi connectivity index (χ2v) is 15.5. The molecule has 1 N–H and O–H groups in total. The van der Waals surface area contributed by atoms with Gasteiger partial charge in [-0.15, -0.1) is 6.58 Å². The molecule has 1 aromatic carbocycles. The highest BCUT2D eigenvalue weighted by molar-refractivity contribution is 5.71. The Labute approximate surface area is 248 Å². The molecule has 0 spiro atoms. The lowest BCUT2D eigenvalue weighted by molar-refractivity contribution is -0.225. The molecule has 1 aromatic rings. The topological polar surface area (TPSA) is 20.2 Å². The molecular weight excluding hydrogens is 484 g/mol. The lowest BCUT2D eigenvalue weighted by Gasteiger charge is -2.72. The van der Waals surface area contributed by atoms with Gasteiger partial charge >= 0.3 is 0 Å². The Morgan fingerprint density at radius 1 is 0.825 bits per heavy atom. The van der Waals surface area contributed by atoms with Gasteiger partial charge in [-0.25, -0.2) is 0 Å². The first-order valence-electron chi connectivity index (χ1n) is 16.9. The van der Waals surface area contributed by atoms with Crippen LogP contribution >= 0.6 is 0 Å². The van der Waals surface area contributed by atoms with E-state index in [0.29, 0.717) is 22.9 Å². The van der Waals surface area contributed by atoms with Crippen molar-refractivity contribution in [1.82, 2.24) is 0 Å². The maximum absolute atomic E-state index is 10.5. The van der Waals surface area contributed by atoms with Crippen LogP contribution < -0.4 is 0 Å². The van der Waals surface area contributed by atoms with Crippen LogP contribution in [0.4, 0.5) is 0 Å². The number of hydrogen-bond donors (Lipinski definition) is 1. The van der Waals surface area contributed by atoms with E-state index >= 15 is 0 Å². The zero-order valence-electron chi connectivity index (χ0n) is 27.7. The monoisotopic (exact) mass is 546 g/mol. The van der Waals surface area contributed by atoms with Crippen molar-refractivity contribution in [1.29, 1.82) is 0 Å². The maximum Gasteiger partial charge on any atom is 0.0490 e. The normalized spacial score (nSPS) is 42.7. The van der Waals surface area contributed by atoms with Crippen molar-refractivity contribution in [3.8, 4) is 0 Å². The van der Waals surface area contributed by atoms with Crippen molar-refractivity contribution < 1.29 is 5.11 Å². The summed E-state index contributed by atoms with van der Waals surface area (Å²) in [5.74, 6) is 3.15. The van der Waals surface area contributed by atoms with Crippen molar-refractivity contribution in [2.45, 2.75) is 127 Å². The van der Waals surface area contributed by atoms with E-state index in [1.54, 1.807) is 11.6 Å². The van der Waals surface area contributed by atoms with Crippen LogP contribution in [0.1, 0.15) is 131 Å². The van der Waals surface area contributed by atoms with E-state index in [1.807, 2.05) is 20.8 Å². The van der Waals surface area contributed by atoms with Gasteiger partial charge in [0.05, 0.1) is 0 Å². The van der Waals surface area contributed by atoms with Crippen LogP contribution in [0.15, 0.2) is 43.0 Å². The SMILES string of the molecule is C=CC.CC.Cc1ccc(C2=CCC3(C)C(CCC4(C)C3CCC3C5CCCC5(CO)CC[C@]34C)C2(C)C)cc1. The summed E-state index contributed by atoms with van der Waals surface area (Å²) in [6.45, 7) is 25.2. The molecule has 224 valence electrons. The van der Waals surface area contributed by atoms with Crippen molar-refractivity contribution in [2.75, 3.05) is 6.61 Å². The summed E-state index contributed by atoms with van der Waals surface area (Å²) in [5, 5.41) is 10.5. The van der Waals surface area contributed by atoms with E-state index in [0.717, 1.165) is 23.7 Å². The lowest BCUT2D eigenvalue weighted by atomic mass is 9.33. The van der Waals surface area contributed by atoms with Crippen molar-refractivity contribution >= 4 is 5.57 Å². The molecule has 0 aliphatic heterocycles. The van der Waals surface area contributed by atoms with Crippen LogP contribution in [0, 0.1) is 57.7 Å². The van der Waals surface area contributed by atoms with Gasteiger partial charge in [0, 0.05) is 6.61 Å². The average molecular weight is 547 g/mol. The molecular formula is C39H62O. The Hall–Kier alpha value is -1.34. The zero-order valence-corrected chi connectivity index (χ0v) is 27.7. The number of aliphatic hydroxyl groups excluding tert-OH is 1. The third-order valence-corrected chi connectivity index (χ3v) is 13.8. The number of benzene rings is 1. The molecule has 0 bridgehead atoms. The van der Waals surface area contributed by atoms with Crippen LogP contribution in [-0.2, 0) is 0 Å². The van der Waals surface area contributed by atoms with Gasteiger partial charge in [0.1, 0.15) is 0 Å². The Kier molecular flexibility index (Phi) is 9.00. The molecule has 7 unspecified atom stereocenters. The summed E-state index contributed by atoms with van der Waals surface area (Å²) >= 11 is 0. The predicted molar refractivity (Wildman–Crippen MR) is 174 cm³/mol. The highest BCUT2D eigenvalue weighted by Crippen LogP contribution is 2.77. The van der Waals surface area contributed by atoms with E-state index < -0.39 is 0 Å². The Morgan fingerprint density at radius 2 is 1.48 bits per heavy atom. The van der Waals surface area contributed by atoms with Crippen LogP contribution in [-0.4, -0.2) is 11.7 Å². The summed E-state index contributed by atoms with van der Waals surface area (Å²) in [6, 6.07) is 9.31. The minimum Gasteiger partial charge on any atom is -0.396 e.